The molecule has 1 aromatic carbocycles. The predicted octanol–water partition coefficient (Wildman–Crippen LogP) is 5.82. The summed E-state index contributed by atoms with van der Waals surface area (Å²) in [6.07, 6.45) is 0.935. The van der Waals surface area contributed by atoms with Gasteiger partial charge >= 0.3 is 5.97 Å². The third-order valence-electron chi connectivity index (χ3n) is 6.52. The summed E-state index contributed by atoms with van der Waals surface area (Å²) in [7, 11) is 0. The Morgan fingerprint density at radius 2 is 1.95 bits per heavy atom. The van der Waals surface area contributed by atoms with E-state index in [1.165, 1.54) is 6.07 Å². The maximum absolute atomic E-state index is 13.9. The van der Waals surface area contributed by atoms with Gasteiger partial charge in [0.05, 0.1) is 22.9 Å². The molecule has 3 aromatic heterocycles. The van der Waals surface area contributed by atoms with Crippen molar-refractivity contribution >= 4 is 45.8 Å². The summed E-state index contributed by atoms with van der Waals surface area (Å²) < 4.78 is 43.0. The van der Waals surface area contributed by atoms with E-state index in [-0.39, 0.29) is 48.2 Å². The van der Waals surface area contributed by atoms with E-state index in [0.717, 1.165) is 11.1 Å². The number of piperidine rings is 1. The number of carboxylic acid groups (broad SMARTS) is 1. The number of nitrogens with zero attached hydrogens (tertiary/aromatic N) is 5. The standard InChI is InChI=1S/C25H24ClF3N6O2/c1-13-9-16(14(2)30-18-3-4-19(26)32-21(18)23(36)37)20-17(10-13)22-31-15(11-27)12-35(22)24(33-20)34-7-5-25(28,29)6-8-34/h3-4,9-10,12,14,30H,5-8,11H2,1-2H3,(H,36,37). The van der Waals surface area contributed by atoms with Crippen LogP contribution in [0, 0.1) is 6.92 Å². The number of halogens is 4. The van der Waals surface area contributed by atoms with E-state index in [1.54, 1.807) is 21.6 Å². The van der Waals surface area contributed by atoms with Gasteiger partial charge in [0.2, 0.25) is 5.95 Å². The Balaban J connectivity index is 1.66. The molecule has 0 aliphatic carbocycles. The lowest BCUT2D eigenvalue weighted by atomic mass is 10.0. The molecule has 8 nitrogen and oxygen atoms in total. The van der Waals surface area contributed by atoms with Gasteiger partial charge in [-0.2, -0.15) is 0 Å². The first-order valence-electron chi connectivity index (χ1n) is 11.7. The summed E-state index contributed by atoms with van der Waals surface area (Å²) in [5.41, 5.74) is 2.92. The number of aromatic nitrogens is 4. The van der Waals surface area contributed by atoms with E-state index < -0.39 is 24.6 Å². The van der Waals surface area contributed by atoms with E-state index >= 15 is 0 Å². The molecule has 12 heteroatoms. The van der Waals surface area contributed by atoms with Crippen molar-refractivity contribution in [1.29, 1.82) is 0 Å². The van der Waals surface area contributed by atoms with Gasteiger partial charge in [-0.15, -0.1) is 0 Å². The molecule has 1 aliphatic rings. The second kappa shape index (κ2) is 9.37. The highest BCUT2D eigenvalue weighted by Crippen LogP contribution is 2.35. The Kier molecular flexibility index (Phi) is 6.35. The number of fused-ring (bicyclic) bond motifs is 3. The largest absolute Gasteiger partial charge is 0.476 e. The number of hydrogen-bond acceptors (Lipinski definition) is 6. The Morgan fingerprint density at radius 3 is 2.62 bits per heavy atom. The lowest BCUT2D eigenvalue weighted by Crippen LogP contribution is -2.40. The number of benzene rings is 1. The average Bonchev–Trinajstić information content (AvgIpc) is 3.29. The molecule has 0 saturated carbocycles. The first-order valence-corrected chi connectivity index (χ1v) is 12.1. The van der Waals surface area contributed by atoms with Crippen LogP contribution in [0.3, 0.4) is 0 Å². The molecule has 37 heavy (non-hydrogen) atoms. The van der Waals surface area contributed by atoms with Crippen molar-refractivity contribution in [2.45, 2.75) is 45.3 Å². The van der Waals surface area contributed by atoms with Gasteiger partial charge in [-0.3, -0.25) is 4.40 Å². The van der Waals surface area contributed by atoms with Crippen LogP contribution >= 0.6 is 11.6 Å². The molecular formula is C25H24ClF3N6O2. The van der Waals surface area contributed by atoms with E-state index in [2.05, 4.69) is 15.3 Å². The van der Waals surface area contributed by atoms with Gasteiger partial charge in [-0.05, 0) is 37.6 Å². The number of nitrogens with one attached hydrogen (secondary N) is 1. The number of carbonyl (C=O) groups is 1. The van der Waals surface area contributed by atoms with Crippen LogP contribution in [0.25, 0.3) is 16.6 Å². The molecule has 0 bridgehead atoms. The highest BCUT2D eigenvalue weighted by atomic mass is 35.5. The second-order valence-corrected chi connectivity index (χ2v) is 9.65. The van der Waals surface area contributed by atoms with Crippen LogP contribution in [-0.2, 0) is 6.67 Å². The van der Waals surface area contributed by atoms with Crippen molar-refractivity contribution in [3.05, 3.63) is 58.1 Å². The molecule has 1 aliphatic heterocycles. The number of alkyl halides is 3. The predicted molar refractivity (Wildman–Crippen MR) is 135 cm³/mol. The maximum atomic E-state index is 13.9. The van der Waals surface area contributed by atoms with Crippen molar-refractivity contribution in [3.63, 3.8) is 0 Å². The van der Waals surface area contributed by atoms with Crippen molar-refractivity contribution < 1.29 is 23.1 Å². The summed E-state index contributed by atoms with van der Waals surface area (Å²) in [4.78, 5) is 26.8. The fourth-order valence-corrected chi connectivity index (χ4v) is 4.85. The molecular weight excluding hydrogens is 509 g/mol. The average molecular weight is 533 g/mol. The Hall–Kier alpha value is -3.60. The quantitative estimate of drug-likeness (QED) is 0.302. The molecule has 0 amide bonds. The third-order valence-corrected chi connectivity index (χ3v) is 6.74. The van der Waals surface area contributed by atoms with Crippen molar-refractivity contribution in [3.8, 4) is 0 Å². The molecule has 4 heterocycles. The number of hydrogen-bond donors (Lipinski definition) is 2. The minimum Gasteiger partial charge on any atom is -0.476 e. The molecule has 1 fully saturated rings. The molecule has 194 valence electrons. The van der Waals surface area contributed by atoms with Gasteiger partial charge < -0.3 is 15.3 Å². The number of rotatable bonds is 6. The van der Waals surface area contributed by atoms with Crippen LogP contribution in [0.1, 0.15) is 53.1 Å². The zero-order valence-corrected chi connectivity index (χ0v) is 20.9. The van der Waals surface area contributed by atoms with E-state index in [1.807, 2.05) is 26.0 Å². The van der Waals surface area contributed by atoms with Crippen LogP contribution in [0.15, 0.2) is 30.5 Å². The molecule has 0 spiro atoms. The number of anilines is 2. The number of aryl methyl sites for hydroxylation is 1. The lowest BCUT2D eigenvalue weighted by Gasteiger charge is -2.33. The molecule has 4 aromatic rings. The van der Waals surface area contributed by atoms with Gasteiger partial charge in [0.15, 0.2) is 5.69 Å². The van der Waals surface area contributed by atoms with Crippen molar-refractivity contribution in [1.82, 2.24) is 19.4 Å². The highest BCUT2D eigenvalue weighted by Gasteiger charge is 2.35. The molecule has 0 radical (unpaired) electrons. The Morgan fingerprint density at radius 1 is 1.22 bits per heavy atom. The fraction of sp³-hybridized carbons (Fsp3) is 0.360. The van der Waals surface area contributed by atoms with Crippen LogP contribution in [0.4, 0.5) is 24.8 Å². The van der Waals surface area contributed by atoms with Gasteiger partial charge in [0.1, 0.15) is 17.5 Å². The fourth-order valence-electron chi connectivity index (χ4n) is 4.70. The number of aromatic carboxylic acids is 1. The molecule has 2 N–H and O–H groups in total. The van der Waals surface area contributed by atoms with Gasteiger partial charge in [-0.1, -0.05) is 17.7 Å². The van der Waals surface area contributed by atoms with E-state index in [0.29, 0.717) is 22.5 Å². The minimum absolute atomic E-state index is 0.0559. The molecule has 1 unspecified atom stereocenters. The van der Waals surface area contributed by atoms with Gasteiger partial charge in [0.25, 0.3) is 5.92 Å². The van der Waals surface area contributed by atoms with Crippen molar-refractivity contribution in [2.75, 3.05) is 23.3 Å². The SMILES string of the molecule is Cc1cc(C(C)Nc2ccc(Cl)nc2C(=O)O)c2nc(N3CCC(F)(F)CC3)n3cc(CF)nc3c2c1. The third kappa shape index (κ3) is 4.75. The summed E-state index contributed by atoms with van der Waals surface area (Å²) in [5, 5.41) is 13.5. The monoisotopic (exact) mass is 532 g/mol. The Bertz CT molecular complexity index is 1520. The smallest absolute Gasteiger partial charge is 0.356 e. The normalized spacial score (nSPS) is 16.3. The van der Waals surface area contributed by atoms with Crippen LogP contribution in [-0.4, -0.2) is 49.4 Å². The molecule has 1 saturated heterocycles. The first kappa shape index (κ1) is 25.1. The van der Waals surface area contributed by atoms with E-state index in [4.69, 9.17) is 16.6 Å². The molecule has 1 atom stereocenters. The second-order valence-electron chi connectivity index (χ2n) is 9.27. The summed E-state index contributed by atoms with van der Waals surface area (Å²) >= 11 is 5.89. The Labute approximate surface area is 215 Å². The summed E-state index contributed by atoms with van der Waals surface area (Å²) in [6, 6.07) is 6.41. The number of carboxylic acids is 1. The zero-order valence-electron chi connectivity index (χ0n) is 20.1. The van der Waals surface area contributed by atoms with Crippen molar-refractivity contribution in [2.24, 2.45) is 0 Å². The highest BCUT2D eigenvalue weighted by molar-refractivity contribution is 6.29. The molecule has 5 rings (SSSR count). The number of imidazole rings is 1. The van der Waals surface area contributed by atoms with Gasteiger partial charge in [-0.25, -0.2) is 32.9 Å². The lowest BCUT2D eigenvalue weighted by molar-refractivity contribution is -0.0222. The summed E-state index contributed by atoms with van der Waals surface area (Å²) in [6.45, 7) is 3.16. The van der Waals surface area contributed by atoms with Crippen LogP contribution < -0.4 is 10.2 Å². The first-order chi connectivity index (χ1) is 17.6. The maximum Gasteiger partial charge on any atom is 0.356 e. The van der Waals surface area contributed by atoms with Crippen LogP contribution in [0.5, 0.6) is 0 Å². The topological polar surface area (TPSA) is 95.6 Å². The summed E-state index contributed by atoms with van der Waals surface area (Å²) in [5.74, 6) is -3.56. The van der Waals surface area contributed by atoms with Gasteiger partial charge in [0, 0.05) is 43.1 Å². The number of pyridine rings is 1. The van der Waals surface area contributed by atoms with E-state index in [9.17, 15) is 23.1 Å². The van der Waals surface area contributed by atoms with Crippen LogP contribution in [0.2, 0.25) is 5.15 Å². The zero-order chi connectivity index (χ0) is 26.5. The minimum atomic E-state index is -2.74.